The molecule has 4 rings (SSSR count). The lowest BCUT2D eigenvalue weighted by Crippen LogP contribution is -2.53. The van der Waals surface area contributed by atoms with Gasteiger partial charge in [0, 0.05) is 6.42 Å². The zero-order chi connectivity index (χ0) is 29.7. The van der Waals surface area contributed by atoms with E-state index in [4.69, 9.17) is 4.74 Å². The van der Waals surface area contributed by atoms with Gasteiger partial charge in [0.1, 0.15) is 5.60 Å². The average Bonchev–Trinajstić information content (AvgIpc) is 3.27. The second kappa shape index (κ2) is 14.2. The molecule has 4 aliphatic rings. The molecule has 1 unspecified atom stereocenters. The van der Waals surface area contributed by atoms with Gasteiger partial charge in [-0.3, -0.25) is 0 Å². The van der Waals surface area contributed by atoms with Gasteiger partial charge in [-0.05, 0) is 104 Å². The SMILES string of the molecule is CCCCCCCCCCC1(OC(=O)O)CC[C@@]2(C)C(=CC[C@H]3[C@@H]4CC[C@H]([C@H](C)CCCC(C)C)[C@@]4(C)CC[C@@H]32)C1. The topological polar surface area (TPSA) is 46.5 Å². The summed E-state index contributed by atoms with van der Waals surface area (Å²) in [5.41, 5.74) is 1.79. The molecule has 236 valence electrons. The smallest absolute Gasteiger partial charge is 0.450 e. The van der Waals surface area contributed by atoms with Crippen LogP contribution in [0.2, 0.25) is 0 Å². The molecule has 4 aliphatic carbocycles. The minimum atomic E-state index is -1.07. The highest BCUT2D eigenvalue weighted by molar-refractivity contribution is 5.58. The molecular weight excluding hydrogens is 504 g/mol. The van der Waals surface area contributed by atoms with Crippen molar-refractivity contribution >= 4 is 6.16 Å². The summed E-state index contributed by atoms with van der Waals surface area (Å²) in [6, 6.07) is 0. The van der Waals surface area contributed by atoms with Crippen LogP contribution in [0.5, 0.6) is 0 Å². The Morgan fingerprint density at radius 3 is 2.29 bits per heavy atom. The van der Waals surface area contributed by atoms with Gasteiger partial charge in [0.15, 0.2) is 0 Å². The lowest BCUT2D eigenvalue weighted by atomic mass is 9.46. The Morgan fingerprint density at radius 2 is 1.61 bits per heavy atom. The van der Waals surface area contributed by atoms with Crippen LogP contribution in [-0.2, 0) is 4.74 Å². The number of fused-ring (bicyclic) bond motifs is 5. The van der Waals surface area contributed by atoms with Crippen molar-refractivity contribution in [3.8, 4) is 0 Å². The third-order valence-electron chi connectivity index (χ3n) is 13.2. The van der Waals surface area contributed by atoms with Crippen LogP contribution in [0.1, 0.15) is 170 Å². The molecule has 0 bridgehead atoms. The van der Waals surface area contributed by atoms with Crippen molar-refractivity contribution in [1.29, 1.82) is 0 Å². The molecule has 0 heterocycles. The van der Waals surface area contributed by atoms with Crippen molar-refractivity contribution in [1.82, 2.24) is 0 Å². The molecule has 3 saturated carbocycles. The summed E-state index contributed by atoms with van der Waals surface area (Å²) in [6.45, 7) is 14.8. The lowest BCUT2D eigenvalue weighted by Gasteiger charge is -2.59. The molecule has 0 aromatic rings. The quantitative estimate of drug-likeness (QED) is 0.121. The monoisotopic (exact) mass is 571 g/mol. The van der Waals surface area contributed by atoms with Crippen molar-refractivity contribution in [2.24, 2.45) is 46.3 Å². The van der Waals surface area contributed by atoms with Crippen LogP contribution < -0.4 is 0 Å². The Hall–Kier alpha value is -0.990. The Balaban J connectivity index is 1.39. The predicted molar refractivity (Wildman–Crippen MR) is 172 cm³/mol. The van der Waals surface area contributed by atoms with Crippen molar-refractivity contribution in [2.45, 2.75) is 176 Å². The fourth-order valence-corrected chi connectivity index (χ4v) is 10.8. The molecule has 3 fully saturated rings. The Bertz CT molecular complexity index is 877. The number of carbonyl (C=O) groups is 1. The Morgan fingerprint density at radius 1 is 0.902 bits per heavy atom. The van der Waals surface area contributed by atoms with Crippen molar-refractivity contribution in [2.75, 3.05) is 0 Å². The summed E-state index contributed by atoms with van der Waals surface area (Å²) in [5, 5.41) is 9.74. The van der Waals surface area contributed by atoms with Gasteiger partial charge in [-0.15, -0.1) is 0 Å². The molecule has 0 amide bonds. The van der Waals surface area contributed by atoms with Crippen LogP contribution in [0.3, 0.4) is 0 Å². The number of allylic oxidation sites excluding steroid dienone is 1. The van der Waals surface area contributed by atoms with Gasteiger partial charge in [0.05, 0.1) is 0 Å². The van der Waals surface area contributed by atoms with E-state index in [2.05, 4.69) is 47.6 Å². The van der Waals surface area contributed by atoms with Gasteiger partial charge >= 0.3 is 6.16 Å². The van der Waals surface area contributed by atoms with E-state index in [0.29, 0.717) is 5.41 Å². The van der Waals surface area contributed by atoms with Gasteiger partial charge in [0.25, 0.3) is 0 Å². The number of ether oxygens (including phenoxy) is 1. The molecule has 0 saturated heterocycles. The minimum Gasteiger partial charge on any atom is -0.450 e. The molecule has 0 aromatic heterocycles. The van der Waals surface area contributed by atoms with E-state index in [1.165, 1.54) is 96.3 Å². The van der Waals surface area contributed by atoms with Crippen molar-refractivity contribution in [3.63, 3.8) is 0 Å². The number of unbranched alkanes of at least 4 members (excludes halogenated alkanes) is 7. The van der Waals surface area contributed by atoms with Gasteiger partial charge < -0.3 is 9.84 Å². The van der Waals surface area contributed by atoms with E-state index in [-0.39, 0.29) is 5.41 Å². The average molecular weight is 571 g/mol. The van der Waals surface area contributed by atoms with Crippen LogP contribution in [0.25, 0.3) is 0 Å². The summed E-state index contributed by atoms with van der Waals surface area (Å²) in [4.78, 5) is 11.9. The van der Waals surface area contributed by atoms with Crippen molar-refractivity contribution in [3.05, 3.63) is 11.6 Å². The fourth-order valence-electron chi connectivity index (χ4n) is 10.8. The first kappa shape index (κ1) is 32.9. The Kier molecular flexibility index (Phi) is 11.4. The standard InChI is InChI=1S/C38H66O3/c1-7-8-9-10-11-12-13-14-23-38(41-35(39)40)26-25-36(5)30(27-38)18-19-31-33-21-20-32(29(4)17-15-16-28(2)3)37(33,6)24-22-34(31)36/h18,28-29,31-34H,7-17,19-27H2,1-6H3,(H,39,40)/t29-,31+,32-,33+,34+,36+,37-,38?/m1/s1. The summed E-state index contributed by atoms with van der Waals surface area (Å²) in [7, 11) is 0. The molecule has 8 atom stereocenters. The molecule has 0 aromatic carbocycles. The first-order valence-corrected chi connectivity index (χ1v) is 18.2. The molecule has 0 aliphatic heterocycles. The predicted octanol–water partition coefficient (Wildman–Crippen LogP) is 12.0. The highest BCUT2D eigenvalue weighted by Crippen LogP contribution is 2.68. The molecule has 3 heteroatoms. The fraction of sp³-hybridized carbons (Fsp3) is 0.921. The number of rotatable bonds is 15. The number of carboxylic acid groups (broad SMARTS) is 1. The minimum absolute atomic E-state index is 0.232. The summed E-state index contributed by atoms with van der Waals surface area (Å²) >= 11 is 0. The maximum atomic E-state index is 11.9. The van der Waals surface area contributed by atoms with Crippen LogP contribution >= 0.6 is 0 Å². The molecule has 3 nitrogen and oxygen atoms in total. The Labute approximate surface area is 254 Å². The van der Waals surface area contributed by atoms with E-state index in [1.54, 1.807) is 5.57 Å². The molecule has 0 radical (unpaired) electrons. The van der Waals surface area contributed by atoms with Crippen LogP contribution in [0.15, 0.2) is 11.6 Å². The third-order valence-corrected chi connectivity index (χ3v) is 13.2. The van der Waals surface area contributed by atoms with Gasteiger partial charge in [0.2, 0.25) is 0 Å². The number of hydrogen-bond acceptors (Lipinski definition) is 2. The van der Waals surface area contributed by atoms with E-state index in [9.17, 15) is 9.90 Å². The van der Waals surface area contributed by atoms with E-state index in [0.717, 1.165) is 67.6 Å². The van der Waals surface area contributed by atoms with Gasteiger partial charge in [-0.2, -0.15) is 0 Å². The first-order chi connectivity index (χ1) is 19.5. The van der Waals surface area contributed by atoms with Gasteiger partial charge in [-0.25, -0.2) is 4.79 Å². The van der Waals surface area contributed by atoms with E-state index in [1.807, 2.05) is 0 Å². The van der Waals surface area contributed by atoms with Gasteiger partial charge in [-0.1, -0.05) is 117 Å². The first-order valence-electron chi connectivity index (χ1n) is 18.2. The van der Waals surface area contributed by atoms with E-state index < -0.39 is 11.8 Å². The van der Waals surface area contributed by atoms with Crippen LogP contribution in [0, 0.1) is 46.3 Å². The molecule has 1 N–H and O–H groups in total. The highest BCUT2D eigenvalue weighted by atomic mass is 16.7. The second-order valence-electron chi connectivity index (χ2n) is 16.2. The largest absolute Gasteiger partial charge is 0.506 e. The van der Waals surface area contributed by atoms with Crippen LogP contribution in [-0.4, -0.2) is 16.9 Å². The zero-order valence-electron chi connectivity index (χ0n) is 27.9. The maximum absolute atomic E-state index is 11.9. The molecule has 0 spiro atoms. The summed E-state index contributed by atoms with van der Waals surface area (Å²) in [6.07, 6.45) is 26.5. The second-order valence-corrected chi connectivity index (χ2v) is 16.2. The molecular formula is C38H66O3. The highest BCUT2D eigenvalue weighted by Gasteiger charge is 2.60. The zero-order valence-corrected chi connectivity index (χ0v) is 27.9. The summed E-state index contributed by atoms with van der Waals surface area (Å²) < 4.78 is 5.82. The number of hydrogen-bond donors (Lipinski definition) is 1. The third kappa shape index (κ3) is 7.39. The summed E-state index contributed by atoms with van der Waals surface area (Å²) in [5.74, 6) is 5.02. The van der Waals surface area contributed by atoms with Crippen LogP contribution in [0.4, 0.5) is 4.79 Å². The molecule has 41 heavy (non-hydrogen) atoms. The van der Waals surface area contributed by atoms with Crippen molar-refractivity contribution < 1.29 is 14.6 Å². The maximum Gasteiger partial charge on any atom is 0.506 e. The normalized spacial score (nSPS) is 37.2. The lowest BCUT2D eigenvalue weighted by molar-refractivity contribution is -0.0877. The van der Waals surface area contributed by atoms with E-state index >= 15 is 0 Å².